The summed E-state index contributed by atoms with van der Waals surface area (Å²) in [4.78, 5) is 12.5. The Morgan fingerprint density at radius 1 is 0.903 bits per heavy atom. The summed E-state index contributed by atoms with van der Waals surface area (Å²) in [6.45, 7) is 11.6. The smallest absolute Gasteiger partial charge is 0.259 e. The van der Waals surface area contributed by atoms with Gasteiger partial charge in [-0.25, -0.2) is 0 Å². The van der Waals surface area contributed by atoms with Crippen LogP contribution in [0.2, 0.25) is 10.0 Å². The molecule has 6 heteroatoms. The summed E-state index contributed by atoms with van der Waals surface area (Å²) in [5.41, 5.74) is 2.24. The summed E-state index contributed by atoms with van der Waals surface area (Å²) < 4.78 is 5.72. The zero-order chi connectivity index (χ0) is 23.6. The first-order valence-corrected chi connectivity index (χ1v) is 10.9. The van der Waals surface area contributed by atoms with Gasteiger partial charge in [0.15, 0.2) is 0 Å². The number of phenols is 1. The van der Waals surface area contributed by atoms with Crippen molar-refractivity contribution in [3.05, 3.63) is 81.3 Å². The van der Waals surface area contributed by atoms with Crippen molar-refractivity contribution >= 4 is 34.8 Å². The highest BCUT2D eigenvalue weighted by molar-refractivity contribution is 6.32. The topological polar surface area (TPSA) is 58.6 Å². The number of halogens is 2. The van der Waals surface area contributed by atoms with Gasteiger partial charge >= 0.3 is 0 Å². The molecule has 3 aromatic carbocycles. The molecule has 0 aliphatic rings. The molecule has 0 heterocycles. The van der Waals surface area contributed by atoms with Gasteiger partial charge in [0.05, 0.1) is 10.6 Å². The summed E-state index contributed by atoms with van der Waals surface area (Å²) in [6, 6.07) is 15.3. The maximum absolute atomic E-state index is 12.5. The van der Waals surface area contributed by atoms with Crippen LogP contribution in [-0.2, 0) is 0 Å². The largest absolute Gasteiger partial charge is 0.507 e. The second-order valence-corrected chi connectivity index (χ2v) is 6.98. The zero-order valence-electron chi connectivity index (χ0n) is 18.7. The molecule has 0 aliphatic carbocycles. The number of carbonyl (C=O) groups is 1. The van der Waals surface area contributed by atoms with E-state index in [1.807, 2.05) is 40.7 Å². The molecule has 0 fully saturated rings. The van der Waals surface area contributed by atoms with Crippen molar-refractivity contribution in [3.63, 3.8) is 0 Å². The van der Waals surface area contributed by atoms with Gasteiger partial charge in [0, 0.05) is 10.7 Å². The van der Waals surface area contributed by atoms with Gasteiger partial charge in [-0.15, -0.1) is 0 Å². The van der Waals surface area contributed by atoms with E-state index in [1.165, 1.54) is 0 Å². The lowest BCUT2D eigenvalue weighted by Crippen LogP contribution is -2.12. The third-order valence-electron chi connectivity index (χ3n) is 3.92. The van der Waals surface area contributed by atoms with Crippen molar-refractivity contribution in [1.82, 2.24) is 0 Å². The molecule has 0 radical (unpaired) electrons. The van der Waals surface area contributed by atoms with Crippen molar-refractivity contribution in [2.24, 2.45) is 0 Å². The molecule has 0 bridgehead atoms. The molecule has 3 aromatic rings. The molecule has 31 heavy (non-hydrogen) atoms. The van der Waals surface area contributed by atoms with Crippen LogP contribution in [0.15, 0.2) is 54.6 Å². The maximum Gasteiger partial charge on any atom is 0.259 e. The Balaban J connectivity index is 0.00000113. The normalized spacial score (nSPS) is 9.55. The lowest BCUT2D eigenvalue weighted by molar-refractivity contribution is 0.102. The van der Waals surface area contributed by atoms with Crippen molar-refractivity contribution in [2.75, 3.05) is 5.32 Å². The monoisotopic (exact) mass is 461 g/mol. The average molecular weight is 462 g/mol. The molecule has 0 unspecified atom stereocenters. The fourth-order valence-corrected chi connectivity index (χ4v) is 2.97. The van der Waals surface area contributed by atoms with Gasteiger partial charge in [0.25, 0.3) is 5.91 Å². The quantitative estimate of drug-likeness (QED) is 0.409. The van der Waals surface area contributed by atoms with Gasteiger partial charge in [-0.2, -0.15) is 0 Å². The third kappa shape index (κ3) is 7.50. The van der Waals surface area contributed by atoms with E-state index in [0.717, 1.165) is 5.56 Å². The average Bonchev–Trinajstić information content (AvgIpc) is 2.77. The van der Waals surface area contributed by atoms with Gasteiger partial charge in [0.2, 0.25) is 0 Å². The standard InChI is InChI=1S/C21H17Cl2NO3.2C2H6/c1-12-9-13(2)20(25)17(10-12)21(26)24-15-5-8-19(18(23)11-15)27-16-6-3-14(22)4-7-16;2*1-2/h3-11,25H,1-2H3,(H,24,26);2*1-2H3. The molecule has 166 valence electrons. The number of rotatable bonds is 4. The molecule has 4 nitrogen and oxygen atoms in total. The summed E-state index contributed by atoms with van der Waals surface area (Å²) in [7, 11) is 0. The number of ether oxygens (including phenoxy) is 1. The number of aryl methyl sites for hydroxylation is 2. The highest BCUT2D eigenvalue weighted by atomic mass is 35.5. The summed E-state index contributed by atoms with van der Waals surface area (Å²) in [5, 5.41) is 13.8. The Labute approximate surface area is 194 Å². The number of benzene rings is 3. The molecule has 0 saturated carbocycles. The number of hydrogen-bond donors (Lipinski definition) is 2. The lowest BCUT2D eigenvalue weighted by atomic mass is 10.0. The fraction of sp³-hybridized carbons (Fsp3) is 0.240. The number of phenolic OH excluding ortho intramolecular Hbond substituents is 1. The molecule has 0 aliphatic heterocycles. The Morgan fingerprint density at radius 2 is 1.52 bits per heavy atom. The number of anilines is 1. The first-order chi connectivity index (χ1) is 14.8. The van der Waals surface area contributed by atoms with Gasteiger partial charge in [-0.05, 0) is 73.5 Å². The summed E-state index contributed by atoms with van der Waals surface area (Å²) in [5.74, 6) is 0.595. The molecule has 2 N–H and O–H groups in total. The van der Waals surface area contributed by atoms with E-state index < -0.39 is 5.91 Å². The van der Waals surface area contributed by atoms with E-state index in [0.29, 0.717) is 32.8 Å². The van der Waals surface area contributed by atoms with Crippen LogP contribution in [-0.4, -0.2) is 11.0 Å². The molecule has 0 saturated heterocycles. The molecular weight excluding hydrogens is 433 g/mol. The molecule has 0 aromatic heterocycles. The van der Waals surface area contributed by atoms with Gasteiger partial charge in [-0.1, -0.05) is 57.0 Å². The van der Waals surface area contributed by atoms with E-state index in [1.54, 1.807) is 55.5 Å². The van der Waals surface area contributed by atoms with Crippen LogP contribution in [0.1, 0.15) is 49.2 Å². The maximum atomic E-state index is 12.5. The van der Waals surface area contributed by atoms with Crippen LogP contribution in [0.4, 0.5) is 5.69 Å². The minimum atomic E-state index is -0.415. The van der Waals surface area contributed by atoms with Crippen molar-refractivity contribution in [2.45, 2.75) is 41.5 Å². The lowest BCUT2D eigenvalue weighted by Gasteiger charge is -2.12. The minimum Gasteiger partial charge on any atom is -0.507 e. The van der Waals surface area contributed by atoms with Crippen molar-refractivity contribution < 1.29 is 14.6 Å². The molecule has 3 rings (SSSR count). The van der Waals surface area contributed by atoms with E-state index >= 15 is 0 Å². The van der Waals surface area contributed by atoms with E-state index in [2.05, 4.69) is 5.32 Å². The molecule has 0 spiro atoms. The fourth-order valence-electron chi connectivity index (χ4n) is 2.62. The van der Waals surface area contributed by atoms with Crippen LogP contribution in [0, 0.1) is 13.8 Å². The SMILES string of the molecule is CC.CC.Cc1cc(C)c(O)c(C(=O)Nc2ccc(Oc3ccc(Cl)cc3)c(Cl)c2)c1. The van der Waals surface area contributed by atoms with Crippen LogP contribution in [0.25, 0.3) is 0 Å². The van der Waals surface area contributed by atoms with Crippen LogP contribution >= 0.6 is 23.2 Å². The summed E-state index contributed by atoms with van der Waals surface area (Å²) in [6.07, 6.45) is 0. The molecular formula is C25H29Cl2NO3. The third-order valence-corrected chi connectivity index (χ3v) is 4.47. The molecule has 1 amide bonds. The van der Waals surface area contributed by atoms with Gasteiger partial charge in [0.1, 0.15) is 17.2 Å². The van der Waals surface area contributed by atoms with E-state index in [9.17, 15) is 9.90 Å². The number of nitrogens with one attached hydrogen (secondary N) is 1. The first-order valence-electron chi connectivity index (χ1n) is 10.2. The van der Waals surface area contributed by atoms with Crippen molar-refractivity contribution in [1.29, 1.82) is 0 Å². The van der Waals surface area contributed by atoms with Crippen LogP contribution < -0.4 is 10.1 Å². The summed E-state index contributed by atoms with van der Waals surface area (Å²) >= 11 is 12.1. The number of aromatic hydroxyl groups is 1. The first kappa shape index (κ1) is 26.3. The molecule has 0 atom stereocenters. The minimum absolute atomic E-state index is 0.0353. The Bertz CT molecular complexity index is 1000. The Hall–Kier alpha value is -2.69. The second-order valence-electron chi connectivity index (χ2n) is 6.13. The van der Waals surface area contributed by atoms with Crippen LogP contribution in [0.3, 0.4) is 0 Å². The number of carbonyl (C=O) groups excluding carboxylic acids is 1. The highest BCUT2D eigenvalue weighted by Gasteiger charge is 2.15. The number of hydrogen-bond acceptors (Lipinski definition) is 3. The Morgan fingerprint density at radius 3 is 2.10 bits per heavy atom. The number of amides is 1. The predicted octanol–water partition coefficient (Wildman–Crippen LogP) is 8.41. The van der Waals surface area contributed by atoms with Crippen LogP contribution in [0.5, 0.6) is 17.2 Å². The van der Waals surface area contributed by atoms with E-state index in [-0.39, 0.29) is 11.3 Å². The zero-order valence-corrected chi connectivity index (χ0v) is 20.2. The van der Waals surface area contributed by atoms with E-state index in [4.69, 9.17) is 27.9 Å². The predicted molar refractivity (Wildman–Crippen MR) is 131 cm³/mol. The van der Waals surface area contributed by atoms with Gasteiger partial charge < -0.3 is 15.2 Å². The Kier molecular flexibility index (Phi) is 10.9. The van der Waals surface area contributed by atoms with Crippen molar-refractivity contribution in [3.8, 4) is 17.2 Å². The highest BCUT2D eigenvalue weighted by Crippen LogP contribution is 2.32. The van der Waals surface area contributed by atoms with Gasteiger partial charge in [-0.3, -0.25) is 4.79 Å². The second kappa shape index (κ2) is 12.9.